The van der Waals surface area contributed by atoms with Crippen molar-refractivity contribution in [1.29, 1.82) is 0 Å². The zero-order chi connectivity index (χ0) is 13.6. The first-order valence-corrected chi connectivity index (χ1v) is 7.14. The molecule has 2 saturated heterocycles. The standard InChI is InChI=1S/C13H19ClN4O/c1-17-9-3-4-10(17)6-8(5-9)16-11-7-15-18(2)13(19)12(11)14/h7-10,16H,3-6H2,1-2H3. The first kappa shape index (κ1) is 12.9. The molecule has 19 heavy (non-hydrogen) atoms. The van der Waals surface area contributed by atoms with Gasteiger partial charge < -0.3 is 10.2 Å². The summed E-state index contributed by atoms with van der Waals surface area (Å²) in [4.78, 5) is 14.2. The summed E-state index contributed by atoms with van der Waals surface area (Å²) in [6, 6.07) is 1.71. The van der Waals surface area contributed by atoms with Crippen LogP contribution in [0.25, 0.3) is 0 Å². The minimum Gasteiger partial charge on any atom is -0.380 e. The topological polar surface area (TPSA) is 50.2 Å². The SMILES string of the molecule is CN1C2CCC1CC(Nc1cnn(C)c(=O)c1Cl)C2. The van der Waals surface area contributed by atoms with Gasteiger partial charge in [0.25, 0.3) is 5.56 Å². The number of hydrogen-bond acceptors (Lipinski definition) is 4. The molecule has 3 rings (SSSR count). The second-order valence-electron chi connectivity index (χ2n) is 5.66. The zero-order valence-electron chi connectivity index (χ0n) is 11.3. The zero-order valence-corrected chi connectivity index (χ0v) is 12.0. The van der Waals surface area contributed by atoms with Crippen LogP contribution in [0.1, 0.15) is 25.7 Å². The maximum atomic E-state index is 11.7. The molecule has 1 N–H and O–H groups in total. The average Bonchev–Trinajstić information content (AvgIpc) is 2.63. The second kappa shape index (κ2) is 4.80. The maximum absolute atomic E-state index is 11.7. The lowest BCUT2D eigenvalue weighted by Crippen LogP contribution is -2.44. The van der Waals surface area contributed by atoms with Gasteiger partial charge >= 0.3 is 0 Å². The maximum Gasteiger partial charge on any atom is 0.287 e. The van der Waals surface area contributed by atoms with E-state index in [0.717, 1.165) is 12.8 Å². The van der Waals surface area contributed by atoms with Gasteiger partial charge in [-0.3, -0.25) is 4.79 Å². The number of aryl methyl sites for hydroxylation is 1. The van der Waals surface area contributed by atoms with Gasteiger partial charge in [-0.1, -0.05) is 11.6 Å². The molecule has 2 aliphatic heterocycles. The van der Waals surface area contributed by atoms with Gasteiger partial charge in [-0.25, -0.2) is 4.68 Å². The Bertz CT molecular complexity index is 530. The number of nitrogens with one attached hydrogen (secondary N) is 1. The summed E-state index contributed by atoms with van der Waals surface area (Å²) in [6.07, 6.45) is 6.42. The summed E-state index contributed by atoms with van der Waals surface area (Å²) in [6.45, 7) is 0. The number of rotatable bonds is 2. The van der Waals surface area contributed by atoms with Gasteiger partial charge in [0, 0.05) is 25.2 Å². The number of aromatic nitrogens is 2. The summed E-state index contributed by atoms with van der Waals surface area (Å²) >= 11 is 6.09. The Balaban J connectivity index is 1.76. The molecule has 0 aromatic carbocycles. The van der Waals surface area contributed by atoms with Crippen molar-refractivity contribution in [3.8, 4) is 0 Å². The van der Waals surface area contributed by atoms with Gasteiger partial charge in [-0.05, 0) is 32.7 Å². The first-order chi connectivity index (χ1) is 9.06. The van der Waals surface area contributed by atoms with E-state index in [1.54, 1.807) is 13.2 Å². The van der Waals surface area contributed by atoms with E-state index < -0.39 is 0 Å². The van der Waals surface area contributed by atoms with Crippen LogP contribution < -0.4 is 10.9 Å². The Morgan fingerprint density at radius 1 is 1.32 bits per heavy atom. The third kappa shape index (κ3) is 2.25. The van der Waals surface area contributed by atoms with Crippen LogP contribution >= 0.6 is 11.6 Å². The molecule has 5 nitrogen and oxygen atoms in total. The summed E-state index contributed by atoms with van der Waals surface area (Å²) in [7, 11) is 3.82. The summed E-state index contributed by atoms with van der Waals surface area (Å²) in [5.41, 5.74) is 0.418. The van der Waals surface area contributed by atoms with Crippen molar-refractivity contribution in [3.05, 3.63) is 21.6 Å². The van der Waals surface area contributed by atoms with Crippen LogP contribution in [0.15, 0.2) is 11.0 Å². The van der Waals surface area contributed by atoms with Crippen LogP contribution in [0.2, 0.25) is 5.02 Å². The molecule has 6 heteroatoms. The normalized spacial score (nSPS) is 30.6. The monoisotopic (exact) mass is 282 g/mol. The van der Waals surface area contributed by atoms with E-state index >= 15 is 0 Å². The molecular formula is C13H19ClN4O. The van der Waals surface area contributed by atoms with Gasteiger partial charge in [0.2, 0.25) is 0 Å². The van der Waals surface area contributed by atoms with Gasteiger partial charge in [0.15, 0.2) is 0 Å². The van der Waals surface area contributed by atoms with E-state index in [1.165, 1.54) is 17.5 Å². The van der Waals surface area contributed by atoms with E-state index in [4.69, 9.17) is 11.6 Å². The molecule has 104 valence electrons. The number of nitrogens with zero attached hydrogens (tertiary/aromatic N) is 3. The molecule has 1 aromatic rings. The lowest BCUT2D eigenvalue weighted by molar-refractivity contribution is 0.169. The van der Waals surface area contributed by atoms with Crippen LogP contribution in [0.5, 0.6) is 0 Å². The quantitative estimate of drug-likeness (QED) is 0.892. The van der Waals surface area contributed by atoms with Gasteiger partial charge in [0.05, 0.1) is 11.9 Å². The van der Waals surface area contributed by atoms with Crippen LogP contribution in [0.3, 0.4) is 0 Å². The van der Waals surface area contributed by atoms with E-state index in [-0.39, 0.29) is 10.6 Å². The van der Waals surface area contributed by atoms with Crippen molar-refractivity contribution in [1.82, 2.24) is 14.7 Å². The van der Waals surface area contributed by atoms with Crippen LogP contribution in [-0.4, -0.2) is 39.9 Å². The third-order valence-corrected chi connectivity index (χ3v) is 4.90. The summed E-state index contributed by atoms with van der Waals surface area (Å²) < 4.78 is 1.26. The fraction of sp³-hybridized carbons (Fsp3) is 0.692. The highest BCUT2D eigenvalue weighted by Gasteiger charge is 2.38. The Morgan fingerprint density at radius 2 is 1.95 bits per heavy atom. The molecule has 1 aromatic heterocycles. The molecular weight excluding hydrogens is 264 g/mol. The van der Waals surface area contributed by atoms with Crippen molar-refractivity contribution in [2.24, 2.45) is 7.05 Å². The molecule has 0 spiro atoms. The minimum atomic E-state index is -0.248. The van der Waals surface area contributed by atoms with E-state index in [1.807, 2.05) is 0 Å². The van der Waals surface area contributed by atoms with Gasteiger partial charge in [-0.15, -0.1) is 0 Å². The van der Waals surface area contributed by atoms with E-state index in [0.29, 0.717) is 23.8 Å². The lowest BCUT2D eigenvalue weighted by Gasteiger charge is -2.37. The molecule has 0 saturated carbocycles. The Kier molecular flexibility index (Phi) is 3.27. The summed E-state index contributed by atoms with van der Waals surface area (Å²) in [5, 5.41) is 7.66. The van der Waals surface area contributed by atoms with Crippen LogP contribution in [-0.2, 0) is 7.05 Å². The van der Waals surface area contributed by atoms with E-state index in [2.05, 4.69) is 22.4 Å². The molecule has 0 aliphatic carbocycles. The molecule has 2 fully saturated rings. The highest BCUT2D eigenvalue weighted by Crippen LogP contribution is 2.35. The number of piperidine rings is 1. The van der Waals surface area contributed by atoms with Gasteiger partial charge in [0.1, 0.15) is 5.02 Å². The van der Waals surface area contributed by atoms with Crippen LogP contribution in [0.4, 0.5) is 5.69 Å². The molecule has 0 radical (unpaired) electrons. The smallest absolute Gasteiger partial charge is 0.287 e. The Labute approximate surface area is 117 Å². The molecule has 0 amide bonds. The number of anilines is 1. The minimum absolute atomic E-state index is 0.240. The van der Waals surface area contributed by atoms with Crippen molar-refractivity contribution in [2.75, 3.05) is 12.4 Å². The van der Waals surface area contributed by atoms with Crippen LogP contribution in [0, 0.1) is 0 Å². The number of fused-ring (bicyclic) bond motifs is 2. The lowest BCUT2D eigenvalue weighted by atomic mass is 9.98. The highest BCUT2D eigenvalue weighted by molar-refractivity contribution is 6.32. The molecule has 2 aliphatic rings. The number of halogens is 1. The molecule has 3 heterocycles. The van der Waals surface area contributed by atoms with Crippen molar-refractivity contribution in [2.45, 2.75) is 43.8 Å². The van der Waals surface area contributed by atoms with Gasteiger partial charge in [-0.2, -0.15) is 5.10 Å². The van der Waals surface area contributed by atoms with Crippen molar-refractivity contribution < 1.29 is 0 Å². The first-order valence-electron chi connectivity index (χ1n) is 6.76. The highest BCUT2D eigenvalue weighted by atomic mass is 35.5. The van der Waals surface area contributed by atoms with Crippen molar-refractivity contribution >= 4 is 17.3 Å². The second-order valence-corrected chi connectivity index (χ2v) is 6.04. The predicted octanol–water partition coefficient (Wildman–Crippen LogP) is 1.47. The fourth-order valence-corrected chi connectivity index (χ4v) is 3.59. The summed E-state index contributed by atoms with van der Waals surface area (Å²) in [5.74, 6) is 0. The average molecular weight is 283 g/mol. The van der Waals surface area contributed by atoms with Crippen molar-refractivity contribution in [3.63, 3.8) is 0 Å². The van der Waals surface area contributed by atoms with E-state index in [9.17, 15) is 4.79 Å². The Hall–Kier alpha value is -1.07. The predicted molar refractivity (Wildman–Crippen MR) is 75.7 cm³/mol. The fourth-order valence-electron chi connectivity index (χ4n) is 3.36. The molecule has 2 atom stereocenters. The third-order valence-electron chi connectivity index (χ3n) is 4.54. The Morgan fingerprint density at radius 3 is 2.58 bits per heavy atom. The number of hydrogen-bond donors (Lipinski definition) is 1. The molecule has 2 unspecified atom stereocenters. The largest absolute Gasteiger partial charge is 0.380 e. The molecule has 2 bridgehead atoms.